The van der Waals surface area contributed by atoms with Crippen molar-refractivity contribution in [2.75, 3.05) is 5.06 Å². The first-order valence-electron chi connectivity index (χ1n) is 6.42. The molecule has 7 nitrogen and oxygen atoms in total. The van der Waals surface area contributed by atoms with Crippen molar-refractivity contribution in [3.05, 3.63) is 41.9 Å². The summed E-state index contributed by atoms with van der Waals surface area (Å²) < 4.78 is 5.65. The molecule has 0 fully saturated rings. The number of carbonyl (C=O) groups is 1. The highest BCUT2D eigenvalue weighted by atomic mass is 16.5. The fraction of sp³-hybridized carbons (Fsp3) is 0.214. The van der Waals surface area contributed by atoms with E-state index >= 15 is 0 Å². The molecule has 3 N–H and O–H groups in total. The van der Waals surface area contributed by atoms with Crippen LogP contribution in [0.2, 0.25) is 0 Å². The maximum Gasteiger partial charge on any atom is 0.267 e. The summed E-state index contributed by atoms with van der Waals surface area (Å²) >= 11 is 0. The number of rotatable bonds is 2. The van der Waals surface area contributed by atoms with Gasteiger partial charge in [0.05, 0.1) is 11.7 Å². The standard InChI is InChI=1S/C14H14N4O3/c1-8-4-13(17-7-16-8)21-10-2-3-12-9(5-10)6-11(15)14(19)18(12)20/h2-5,7,11,20H,6,15H2,1H3. The highest BCUT2D eigenvalue weighted by Gasteiger charge is 2.29. The molecule has 0 bridgehead atoms. The van der Waals surface area contributed by atoms with Crippen LogP contribution in [0.15, 0.2) is 30.6 Å². The predicted octanol–water partition coefficient (Wildman–Crippen LogP) is 1.18. The Morgan fingerprint density at radius 2 is 2.19 bits per heavy atom. The third-order valence-corrected chi connectivity index (χ3v) is 3.25. The van der Waals surface area contributed by atoms with Crippen LogP contribution >= 0.6 is 0 Å². The summed E-state index contributed by atoms with van der Waals surface area (Å²) in [6, 6.07) is 5.97. The average molecular weight is 286 g/mol. The maximum absolute atomic E-state index is 11.6. The van der Waals surface area contributed by atoms with Gasteiger partial charge in [0.25, 0.3) is 5.91 Å². The fourth-order valence-electron chi connectivity index (χ4n) is 2.20. The molecule has 0 saturated heterocycles. The van der Waals surface area contributed by atoms with Crippen LogP contribution in [0.25, 0.3) is 0 Å². The van der Waals surface area contributed by atoms with Crippen LogP contribution in [-0.4, -0.2) is 27.1 Å². The second kappa shape index (κ2) is 5.12. The van der Waals surface area contributed by atoms with E-state index in [-0.39, 0.29) is 0 Å². The van der Waals surface area contributed by atoms with E-state index in [1.165, 1.54) is 6.33 Å². The highest BCUT2D eigenvalue weighted by Crippen LogP contribution is 2.31. The Morgan fingerprint density at radius 1 is 1.38 bits per heavy atom. The quantitative estimate of drug-likeness (QED) is 0.804. The van der Waals surface area contributed by atoms with E-state index in [1.54, 1.807) is 24.3 Å². The van der Waals surface area contributed by atoms with Gasteiger partial charge in [0, 0.05) is 11.8 Å². The molecule has 0 radical (unpaired) electrons. The van der Waals surface area contributed by atoms with Crippen LogP contribution in [-0.2, 0) is 11.2 Å². The lowest BCUT2D eigenvalue weighted by atomic mass is 9.99. The minimum absolute atomic E-state index is 0.352. The third-order valence-electron chi connectivity index (χ3n) is 3.25. The van der Waals surface area contributed by atoms with Crippen molar-refractivity contribution < 1.29 is 14.7 Å². The predicted molar refractivity (Wildman–Crippen MR) is 74.2 cm³/mol. The normalized spacial score (nSPS) is 17.6. The first kappa shape index (κ1) is 13.5. The highest BCUT2D eigenvalue weighted by molar-refractivity contribution is 5.98. The monoisotopic (exact) mass is 286 g/mol. The number of carbonyl (C=O) groups excluding carboxylic acids is 1. The molecule has 7 heteroatoms. The minimum atomic E-state index is -0.751. The summed E-state index contributed by atoms with van der Waals surface area (Å²) in [6.07, 6.45) is 1.78. The van der Waals surface area contributed by atoms with E-state index in [9.17, 15) is 10.0 Å². The van der Waals surface area contributed by atoms with Crippen LogP contribution in [0.4, 0.5) is 5.69 Å². The van der Waals surface area contributed by atoms with E-state index < -0.39 is 11.9 Å². The van der Waals surface area contributed by atoms with Crippen molar-refractivity contribution in [1.82, 2.24) is 9.97 Å². The Kier molecular flexibility index (Phi) is 3.28. The number of benzene rings is 1. The van der Waals surface area contributed by atoms with E-state index in [4.69, 9.17) is 10.5 Å². The number of hydroxylamine groups is 1. The van der Waals surface area contributed by atoms with Gasteiger partial charge in [-0.25, -0.2) is 9.97 Å². The van der Waals surface area contributed by atoms with Gasteiger partial charge in [-0.05, 0) is 37.1 Å². The molecule has 21 heavy (non-hydrogen) atoms. The number of aryl methyl sites for hydroxylation is 1. The Labute approximate surface area is 121 Å². The number of hydrogen-bond donors (Lipinski definition) is 2. The van der Waals surface area contributed by atoms with Crippen LogP contribution in [0.1, 0.15) is 11.3 Å². The van der Waals surface area contributed by atoms with E-state index in [2.05, 4.69) is 9.97 Å². The Balaban J connectivity index is 1.90. The molecular formula is C14H14N4O3. The molecule has 1 unspecified atom stereocenters. The van der Waals surface area contributed by atoms with Crippen molar-refractivity contribution >= 4 is 11.6 Å². The molecule has 1 aliphatic heterocycles. The molecule has 0 saturated carbocycles. The molecule has 2 heterocycles. The zero-order valence-electron chi connectivity index (χ0n) is 11.4. The van der Waals surface area contributed by atoms with Gasteiger partial charge in [0.1, 0.15) is 12.1 Å². The Hall–Kier alpha value is -2.51. The average Bonchev–Trinajstić information content (AvgIpc) is 2.45. The summed E-state index contributed by atoms with van der Waals surface area (Å²) in [7, 11) is 0. The smallest absolute Gasteiger partial charge is 0.267 e. The largest absolute Gasteiger partial charge is 0.439 e. The lowest BCUT2D eigenvalue weighted by molar-refractivity contribution is -0.125. The van der Waals surface area contributed by atoms with Gasteiger partial charge in [-0.3, -0.25) is 10.0 Å². The number of nitrogens with zero attached hydrogens (tertiary/aromatic N) is 3. The molecule has 1 amide bonds. The van der Waals surface area contributed by atoms with Gasteiger partial charge in [0.15, 0.2) is 0 Å². The first-order chi connectivity index (χ1) is 10.0. The number of anilines is 1. The summed E-state index contributed by atoms with van der Waals surface area (Å²) in [6.45, 7) is 1.84. The molecular weight excluding hydrogens is 272 g/mol. The minimum Gasteiger partial charge on any atom is -0.439 e. The summed E-state index contributed by atoms with van der Waals surface area (Å²) in [4.78, 5) is 19.6. The molecule has 1 aliphatic rings. The second-order valence-electron chi connectivity index (χ2n) is 4.85. The van der Waals surface area contributed by atoms with Gasteiger partial charge >= 0.3 is 0 Å². The van der Waals surface area contributed by atoms with Crippen molar-refractivity contribution in [2.24, 2.45) is 5.73 Å². The van der Waals surface area contributed by atoms with Gasteiger partial charge < -0.3 is 10.5 Å². The molecule has 0 aliphatic carbocycles. The lowest BCUT2D eigenvalue weighted by Gasteiger charge is -2.27. The van der Waals surface area contributed by atoms with Crippen LogP contribution in [0, 0.1) is 6.92 Å². The van der Waals surface area contributed by atoms with E-state index in [0.29, 0.717) is 28.8 Å². The molecule has 108 valence electrons. The van der Waals surface area contributed by atoms with E-state index in [1.807, 2.05) is 6.92 Å². The van der Waals surface area contributed by atoms with Crippen LogP contribution < -0.4 is 15.5 Å². The summed E-state index contributed by atoms with van der Waals surface area (Å²) in [5, 5.41) is 10.3. The van der Waals surface area contributed by atoms with Gasteiger partial charge in [-0.2, -0.15) is 5.06 Å². The van der Waals surface area contributed by atoms with Crippen LogP contribution in [0.3, 0.4) is 0 Å². The lowest BCUT2D eigenvalue weighted by Crippen LogP contribution is -2.47. The summed E-state index contributed by atoms with van der Waals surface area (Å²) in [5.74, 6) is 0.476. The zero-order valence-corrected chi connectivity index (χ0v) is 11.4. The SMILES string of the molecule is Cc1cc(Oc2ccc3c(c2)CC(N)C(=O)N3O)ncn1. The maximum atomic E-state index is 11.6. The molecule has 1 aromatic carbocycles. The van der Waals surface area contributed by atoms with Crippen molar-refractivity contribution in [3.63, 3.8) is 0 Å². The van der Waals surface area contributed by atoms with Crippen molar-refractivity contribution in [3.8, 4) is 11.6 Å². The van der Waals surface area contributed by atoms with Gasteiger partial charge in [0.2, 0.25) is 5.88 Å². The summed E-state index contributed by atoms with van der Waals surface area (Å²) in [5.41, 5.74) is 7.66. The van der Waals surface area contributed by atoms with E-state index in [0.717, 1.165) is 11.3 Å². The molecule has 3 rings (SSSR count). The molecule has 1 aromatic heterocycles. The third kappa shape index (κ3) is 2.56. The number of fused-ring (bicyclic) bond motifs is 1. The zero-order chi connectivity index (χ0) is 15.0. The fourth-order valence-corrected chi connectivity index (χ4v) is 2.20. The van der Waals surface area contributed by atoms with Crippen molar-refractivity contribution in [2.45, 2.75) is 19.4 Å². The first-order valence-corrected chi connectivity index (χ1v) is 6.42. The number of ether oxygens (including phenoxy) is 1. The Bertz CT molecular complexity index is 704. The van der Waals surface area contributed by atoms with Crippen LogP contribution in [0.5, 0.6) is 11.6 Å². The number of nitrogens with two attached hydrogens (primary N) is 1. The number of aromatic nitrogens is 2. The van der Waals surface area contributed by atoms with Gasteiger partial charge in [-0.15, -0.1) is 0 Å². The van der Waals surface area contributed by atoms with Crippen molar-refractivity contribution in [1.29, 1.82) is 0 Å². The Morgan fingerprint density at radius 3 is 2.95 bits per heavy atom. The molecule has 1 atom stereocenters. The number of hydrogen-bond acceptors (Lipinski definition) is 6. The van der Waals surface area contributed by atoms with Gasteiger partial charge in [-0.1, -0.05) is 0 Å². The second-order valence-corrected chi connectivity index (χ2v) is 4.85. The molecule has 2 aromatic rings. The molecule has 0 spiro atoms. The topological polar surface area (TPSA) is 102 Å². The number of amides is 1.